The topological polar surface area (TPSA) is 74.8 Å². The number of nitrogens with one attached hydrogen (secondary N) is 1. The molecule has 134 valence electrons. The summed E-state index contributed by atoms with van der Waals surface area (Å²) in [5, 5.41) is 3.59. The van der Waals surface area contributed by atoms with Gasteiger partial charge in [0.15, 0.2) is 0 Å². The molecule has 1 unspecified atom stereocenters. The van der Waals surface area contributed by atoms with Gasteiger partial charge in [0.25, 0.3) is 5.91 Å². The molecule has 2 aromatic heterocycles. The third-order valence-electron chi connectivity index (χ3n) is 4.22. The monoisotopic (exact) mass is 362 g/mol. The highest BCUT2D eigenvalue weighted by Crippen LogP contribution is 2.37. The summed E-state index contributed by atoms with van der Waals surface area (Å²) in [4.78, 5) is 33.8. The van der Waals surface area contributed by atoms with Gasteiger partial charge in [-0.05, 0) is 6.07 Å². The molecule has 1 atom stereocenters. The zero-order valence-electron chi connectivity index (χ0n) is 14.6. The molecule has 0 spiro atoms. The van der Waals surface area contributed by atoms with Crippen molar-refractivity contribution in [3.8, 4) is 0 Å². The lowest BCUT2D eigenvalue weighted by atomic mass is 10.0. The van der Waals surface area contributed by atoms with Crippen LogP contribution in [-0.2, 0) is 9.53 Å². The first-order chi connectivity index (χ1) is 12.0. The van der Waals surface area contributed by atoms with Crippen molar-refractivity contribution < 1.29 is 14.3 Å². The molecule has 0 aromatic carbocycles. The number of aromatic nitrogens is 1. The molecule has 1 aliphatic heterocycles. The van der Waals surface area contributed by atoms with Gasteiger partial charge in [0, 0.05) is 51.4 Å². The molecule has 2 aromatic rings. The van der Waals surface area contributed by atoms with Crippen molar-refractivity contribution in [2.24, 2.45) is 0 Å². The lowest BCUT2D eigenvalue weighted by Crippen LogP contribution is -2.43. The molecule has 7 nitrogen and oxygen atoms in total. The number of pyridine rings is 1. The van der Waals surface area contributed by atoms with Gasteiger partial charge in [0.05, 0.1) is 19.3 Å². The molecule has 0 radical (unpaired) electrons. The minimum absolute atomic E-state index is 0.0258. The standard InChI is InChI=1S/C17H22N4O3S/c1-18-13(22)10-21-7-8-24-12(9-21)14-11-5-4-6-19-16(11)25-15(14)17(23)20(2)3/h4-6,12H,7-10H2,1-3H3,(H,18,22). The Morgan fingerprint density at radius 3 is 3.00 bits per heavy atom. The number of nitrogens with zero attached hydrogens (tertiary/aromatic N) is 3. The number of hydrogen-bond acceptors (Lipinski definition) is 6. The fourth-order valence-electron chi connectivity index (χ4n) is 2.94. The molecule has 1 aliphatic rings. The Hall–Kier alpha value is -2.03. The number of thiophene rings is 1. The number of carbonyl (C=O) groups excluding carboxylic acids is 2. The van der Waals surface area contributed by atoms with Crippen LogP contribution in [0.15, 0.2) is 18.3 Å². The van der Waals surface area contributed by atoms with Crippen LogP contribution in [0.5, 0.6) is 0 Å². The number of carbonyl (C=O) groups is 2. The summed E-state index contributed by atoms with van der Waals surface area (Å²) in [6.45, 7) is 2.12. The fourth-order valence-corrected chi connectivity index (χ4v) is 4.15. The maximum absolute atomic E-state index is 12.7. The average Bonchev–Trinajstić information content (AvgIpc) is 3.00. The van der Waals surface area contributed by atoms with Crippen LogP contribution in [0.1, 0.15) is 21.3 Å². The molecule has 1 N–H and O–H groups in total. The first-order valence-corrected chi connectivity index (χ1v) is 8.96. The van der Waals surface area contributed by atoms with E-state index in [9.17, 15) is 9.59 Å². The number of hydrogen-bond donors (Lipinski definition) is 1. The minimum Gasteiger partial charge on any atom is -0.371 e. The van der Waals surface area contributed by atoms with Crippen molar-refractivity contribution in [1.29, 1.82) is 0 Å². The van der Waals surface area contributed by atoms with Crippen LogP contribution < -0.4 is 5.32 Å². The third-order valence-corrected chi connectivity index (χ3v) is 5.34. The first kappa shape index (κ1) is 17.8. The van der Waals surface area contributed by atoms with Crippen LogP contribution >= 0.6 is 11.3 Å². The third kappa shape index (κ3) is 3.65. The summed E-state index contributed by atoms with van der Waals surface area (Å²) in [6.07, 6.45) is 1.47. The van der Waals surface area contributed by atoms with Crippen molar-refractivity contribution >= 4 is 33.4 Å². The van der Waals surface area contributed by atoms with Crippen LogP contribution in [0.2, 0.25) is 0 Å². The van der Waals surface area contributed by atoms with Crippen molar-refractivity contribution in [1.82, 2.24) is 20.1 Å². The lowest BCUT2D eigenvalue weighted by molar-refractivity contribution is -0.123. The molecule has 2 amide bonds. The van der Waals surface area contributed by atoms with E-state index in [1.165, 1.54) is 11.3 Å². The highest BCUT2D eigenvalue weighted by Gasteiger charge is 2.31. The van der Waals surface area contributed by atoms with E-state index in [4.69, 9.17) is 4.74 Å². The van der Waals surface area contributed by atoms with E-state index in [-0.39, 0.29) is 17.9 Å². The van der Waals surface area contributed by atoms with Gasteiger partial charge in [-0.1, -0.05) is 6.07 Å². The predicted octanol–water partition coefficient (Wildman–Crippen LogP) is 1.12. The molecule has 3 heterocycles. The molecule has 3 rings (SSSR count). The zero-order chi connectivity index (χ0) is 18.0. The Labute approximate surface area is 150 Å². The van der Waals surface area contributed by atoms with Gasteiger partial charge < -0.3 is 15.0 Å². The van der Waals surface area contributed by atoms with Crippen LogP contribution in [0, 0.1) is 0 Å². The molecule has 1 saturated heterocycles. The minimum atomic E-state index is -0.254. The summed E-state index contributed by atoms with van der Waals surface area (Å²) < 4.78 is 5.98. The average molecular weight is 362 g/mol. The summed E-state index contributed by atoms with van der Waals surface area (Å²) in [7, 11) is 5.11. The Bertz CT molecular complexity index is 789. The van der Waals surface area contributed by atoms with E-state index >= 15 is 0 Å². The van der Waals surface area contributed by atoms with Gasteiger partial charge in [0.2, 0.25) is 5.91 Å². The van der Waals surface area contributed by atoms with Crippen molar-refractivity contribution in [3.63, 3.8) is 0 Å². The van der Waals surface area contributed by atoms with Crippen molar-refractivity contribution in [3.05, 3.63) is 28.8 Å². The number of amides is 2. The van der Waals surface area contributed by atoms with Gasteiger partial charge in [0.1, 0.15) is 9.71 Å². The summed E-state index contributed by atoms with van der Waals surface area (Å²) in [5.41, 5.74) is 0.883. The zero-order valence-corrected chi connectivity index (χ0v) is 15.4. The second kappa shape index (κ2) is 7.47. The summed E-state index contributed by atoms with van der Waals surface area (Å²) in [6, 6.07) is 3.84. The van der Waals surface area contributed by atoms with E-state index in [0.717, 1.165) is 15.8 Å². The number of fused-ring (bicyclic) bond motifs is 1. The van der Waals surface area contributed by atoms with Gasteiger partial charge in [-0.15, -0.1) is 11.3 Å². The van der Waals surface area contributed by atoms with E-state index < -0.39 is 0 Å². The number of morpholine rings is 1. The molecule has 0 aliphatic carbocycles. The maximum atomic E-state index is 12.7. The van der Waals surface area contributed by atoms with Crippen LogP contribution in [0.4, 0.5) is 0 Å². The molecule has 25 heavy (non-hydrogen) atoms. The highest BCUT2D eigenvalue weighted by molar-refractivity contribution is 7.20. The number of likely N-dealkylation sites (N-methyl/N-ethyl adjacent to an activating group) is 1. The highest BCUT2D eigenvalue weighted by atomic mass is 32.1. The normalized spacial score (nSPS) is 18.3. The van der Waals surface area contributed by atoms with Gasteiger partial charge >= 0.3 is 0 Å². The van der Waals surface area contributed by atoms with Crippen LogP contribution in [-0.4, -0.2) is 74.0 Å². The quantitative estimate of drug-likeness (QED) is 0.882. The molecular weight excluding hydrogens is 340 g/mol. The van der Waals surface area contributed by atoms with E-state index in [1.807, 2.05) is 12.1 Å². The van der Waals surface area contributed by atoms with Crippen LogP contribution in [0.3, 0.4) is 0 Å². The van der Waals surface area contributed by atoms with E-state index in [1.54, 1.807) is 32.2 Å². The molecule has 0 saturated carbocycles. The van der Waals surface area contributed by atoms with Gasteiger partial charge in [-0.2, -0.15) is 0 Å². The Morgan fingerprint density at radius 2 is 2.28 bits per heavy atom. The Balaban J connectivity index is 1.97. The van der Waals surface area contributed by atoms with Crippen molar-refractivity contribution in [2.45, 2.75) is 6.10 Å². The number of rotatable bonds is 4. The first-order valence-electron chi connectivity index (χ1n) is 8.15. The maximum Gasteiger partial charge on any atom is 0.263 e. The predicted molar refractivity (Wildman–Crippen MR) is 96.8 cm³/mol. The molecular formula is C17H22N4O3S. The SMILES string of the molecule is CNC(=O)CN1CCOC(c2c(C(=O)N(C)C)sc3ncccc23)C1. The van der Waals surface area contributed by atoms with Crippen LogP contribution in [0.25, 0.3) is 10.2 Å². The number of ether oxygens (including phenoxy) is 1. The molecule has 0 bridgehead atoms. The summed E-state index contributed by atoms with van der Waals surface area (Å²) >= 11 is 1.39. The largest absolute Gasteiger partial charge is 0.371 e. The van der Waals surface area contributed by atoms with Gasteiger partial charge in [-0.3, -0.25) is 14.5 Å². The molecule has 1 fully saturated rings. The van der Waals surface area contributed by atoms with Crippen molar-refractivity contribution in [2.75, 3.05) is 47.4 Å². The second-order valence-electron chi connectivity index (χ2n) is 6.17. The summed E-state index contributed by atoms with van der Waals surface area (Å²) in [5.74, 6) is -0.0768. The second-order valence-corrected chi connectivity index (χ2v) is 7.17. The molecule has 8 heteroatoms. The van der Waals surface area contributed by atoms with E-state index in [2.05, 4.69) is 15.2 Å². The fraction of sp³-hybridized carbons (Fsp3) is 0.471. The Morgan fingerprint density at radius 1 is 1.48 bits per heavy atom. The smallest absolute Gasteiger partial charge is 0.263 e. The Kier molecular flexibility index (Phi) is 5.31. The lowest BCUT2D eigenvalue weighted by Gasteiger charge is -2.32. The van der Waals surface area contributed by atoms with E-state index in [0.29, 0.717) is 31.1 Å². The van der Waals surface area contributed by atoms with Gasteiger partial charge in [-0.25, -0.2) is 4.98 Å².